The summed E-state index contributed by atoms with van der Waals surface area (Å²) < 4.78 is 6.08. The van der Waals surface area contributed by atoms with Gasteiger partial charge >= 0.3 is 0 Å². The highest BCUT2D eigenvalue weighted by atomic mass is 32.1. The quantitative estimate of drug-likeness (QED) is 0.799. The Morgan fingerprint density at radius 1 is 1.33 bits per heavy atom. The van der Waals surface area contributed by atoms with E-state index in [0.717, 1.165) is 39.1 Å². The van der Waals surface area contributed by atoms with Crippen LogP contribution in [0.1, 0.15) is 36.9 Å². The van der Waals surface area contributed by atoms with Crippen LogP contribution >= 0.6 is 11.3 Å². The van der Waals surface area contributed by atoms with Crippen LogP contribution in [0.5, 0.6) is 0 Å². The van der Waals surface area contributed by atoms with E-state index in [-0.39, 0.29) is 0 Å². The highest BCUT2D eigenvalue weighted by Gasteiger charge is 2.27. The number of ether oxygens (including phenoxy) is 1. The molecule has 1 N–H and O–H groups in total. The van der Waals surface area contributed by atoms with Crippen LogP contribution in [0.15, 0.2) is 12.1 Å². The number of aryl methyl sites for hydroxylation is 1. The van der Waals surface area contributed by atoms with E-state index < -0.39 is 0 Å². The fourth-order valence-electron chi connectivity index (χ4n) is 3.03. The average Bonchev–Trinajstić information content (AvgIpc) is 2.95. The maximum atomic E-state index is 6.08. The maximum absolute atomic E-state index is 6.08. The molecular weight excluding hydrogens is 280 g/mol. The zero-order valence-corrected chi connectivity index (χ0v) is 14.5. The third-order valence-corrected chi connectivity index (χ3v) is 5.37. The second-order valence-electron chi connectivity index (χ2n) is 5.80. The van der Waals surface area contributed by atoms with Crippen LogP contribution in [0, 0.1) is 0 Å². The molecule has 2 atom stereocenters. The minimum atomic E-state index is 0.317. The zero-order valence-electron chi connectivity index (χ0n) is 13.7. The minimum absolute atomic E-state index is 0.317. The van der Waals surface area contributed by atoms with Crippen molar-refractivity contribution < 1.29 is 4.74 Å². The van der Waals surface area contributed by atoms with Gasteiger partial charge in [-0.3, -0.25) is 4.90 Å². The number of thiophene rings is 1. The van der Waals surface area contributed by atoms with Gasteiger partial charge in [-0.2, -0.15) is 0 Å². The van der Waals surface area contributed by atoms with Gasteiger partial charge in [-0.05, 0) is 44.5 Å². The number of nitrogens with zero attached hydrogens (tertiary/aromatic N) is 1. The van der Waals surface area contributed by atoms with Gasteiger partial charge in [0.2, 0.25) is 0 Å². The summed E-state index contributed by atoms with van der Waals surface area (Å²) in [5.74, 6) is 0. The van der Waals surface area contributed by atoms with Gasteiger partial charge in [-0.25, -0.2) is 0 Å². The predicted octanol–water partition coefficient (Wildman–Crippen LogP) is 2.94. The molecular formula is C17H30N2OS. The molecule has 2 rings (SSSR count). The standard InChI is InChI=1S/C17H30N2OS/c1-4-9-19-10-11-20-17(13-19)16(18-6-3)12-15-8-7-14(5-2)21-15/h7-8,16-18H,4-6,9-13H2,1-3H3. The normalized spacial score (nSPS) is 21.6. The molecule has 3 nitrogen and oxygen atoms in total. The summed E-state index contributed by atoms with van der Waals surface area (Å²) in [5, 5.41) is 3.65. The van der Waals surface area contributed by atoms with Gasteiger partial charge in [0.15, 0.2) is 0 Å². The third kappa shape index (κ3) is 5.06. The molecule has 4 heteroatoms. The fraction of sp³-hybridized carbons (Fsp3) is 0.765. The molecule has 1 aromatic rings. The molecule has 0 aromatic carbocycles. The molecule has 0 amide bonds. The average molecular weight is 311 g/mol. The predicted molar refractivity (Wildman–Crippen MR) is 91.3 cm³/mol. The number of likely N-dealkylation sites (N-methyl/N-ethyl adjacent to an activating group) is 1. The summed E-state index contributed by atoms with van der Waals surface area (Å²) in [7, 11) is 0. The highest BCUT2D eigenvalue weighted by Crippen LogP contribution is 2.21. The van der Waals surface area contributed by atoms with Gasteiger partial charge in [-0.15, -0.1) is 11.3 Å². The van der Waals surface area contributed by atoms with Crippen molar-refractivity contribution in [2.24, 2.45) is 0 Å². The maximum Gasteiger partial charge on any atom is 0.0858 e. The van der Waals surface area contributed by atoms with Crippen LogP contribution in [0.3, 0.4) is 0 Å². The molecule has 2 unspecified atom stereocenters. The van der Waals surface area contributed by atoms with E-state index in [4.69, 9.17) is 4.74 Å². The lowest BCUT2D eigenvalue weighted by Gasteiger charge is -2.37. The summed E-state index contributed by atoms with van der Waals surface area (Å²) in [6, 6.07) is 4.99. The molecule has 0 aliphatic carbocycles. The third-order valence-electron chi connectivity index (χ3n) is 4.12. The molecule has 21 heavy (non-hydrogen) atoms. The van der Waals surface area contributed by atoms with Crippen molar-refractivity contribution in [2.75, 3.05) is 32.8 Å². The topological polar surface area (TPSA) is 24.5 Å². The van der Waals surface area contributed by atoms with Crippen molar-refractivity contribution in [3.63, 3.8) is 0 Å². The Hall–Kier alpha value is -0.420. The summed E-state index contributed by atoms with van der Waals surface area (Å²) in [6.07, 6.45) is 3.77. The van der Waals surface area contributed by atoms with E-state index in [9.17, 15) is 0 Å². The first kappa shape index (κ1) is 16.9. The summed E-state index contributed by atoms with van der Waals surface area (Å²) in [4.78, 5) is 5.51. The van der Waals surface area contributed by atoms with E-state index in [2.05, 4.69) is 43.1 Å². The van der Waals surface area contributed by atoms with Crippen molar-refractivity contribution in [2.45, 2.75) is 52.2 Å². The largest absolute Gasteiger partial charge is 0.374 e. The summed E-state index contributed by atoms with van der Waals surface area (Å²) in [6.45, 7) is 11.9. The van der Waals surface area contributed by atoms with Crippen molar-refractivity contribution >= 4 is 11.3 Å². The molecule has 0 spiro atoms. The Bertz CT molecular complexity index is 405. The summed E-state index contributed by atoms with van der Waals surface area (Å²) in [5.41, 5.74) is 0. The van der Waals surface area contributed by atoms with Crippen LogP contribution in [-0.4, -0.2) is 49.8 Å². The lowest BCUT2D eigenvalue weighted by molar-refractivity contribution is -0.0458. The number of hydrogen-bond acceptors (Lipinski definition) is 4. The Morgan fingerprint density at radius 2 is 2.14 bits per heavy atom. The Kier molecular flexibility index (Phi) is 7.17. The second-order valence-corrected chi connectivity index (χ2v) is 7.05. The zero-order chi connectivity index (χ0) is 15.1. The minimum Gasteiger partial charge on any atom is -0.374 e. The molecule has 120 valence electrons. The lowest BCUT2D eigenvalue weighted by atomic mass is 10.0. The molecule has 0 radical (unpaired) electrons. The van der Waals surface area contributed by atoms with E-state index in [1.807, 2.05) is 11.3 Å². The van der Waals surface area contributed by atoms with Crippen molar-refractivity contribution in [3.05, 3.63) is 21.9 Å². The molecule has 1 aliphatic rings. The molecule has 1 aromatic heterocycles. The van der Waals surface area contributed by atoms with Crippen molar-refractivity contribution in [1.29, 1.82) is 0 Å². The van der Waals surface area contributed by atoms with Gasteiger partial charge < -0.3 is 10.1 Å². The summed E-state index contributed by atoms with van der Waals surface area (Å²) >= 11 is 1.95. The molecule has 0 saturated carbocycles. The van der Waals surface area contributed by atoms with Crippen LogP contribution in [0.25, 0.3) is 0 Å². The monoisotopic (exact) mass is 310 g/mol. The van der Waals surface area contributed by atoms with Crippen LogP contribution in [-0.2, 0) is 17.6 Å². The van der Waals surface area contributed by atoms with Crippen LogP contribution < -0.4 is 5.32 Å². The highest BCUT2D eigenvalue weighted by molar-refractivity contribution is 7.11. The first-order valence-electron chi connectivity index (χ1n) is 8.41. The Balaban J connectivity index is 1.96. The van der Waals surface area contributed by atoms with Gasteiger partial charge in [-0.1, -0.05) is 20.8 Å². The van der Waals surface area contributed by atoms with E-state index in [1.54, 1.807) is 0 Å². The van der Waals surface area contributed by atoms with Gasteiger partial charge in [0, 0.05) is 28.9 Å². The van der Waals surface area contributed by atoms with Crippen molar-refractivity contribution in [1.82, 2.24) is 10.2 Å². The molecule has 1 fully saturated rings. The van der Waals surface area contributed by atoms with Crippen LogP contribution in [0.2, 0.25) is 0 Å². The van der Waals surface area contributed by atoms with E-state index in [1.165, 1.54) is 22.7 Å². The molecule has 1 aliphatic heterocycles. The first-order chi connectivity index (χ1) is 10.3. The molecule has 0 bridgehead atoms. The smallest absolute Gasteiger partial charge is 0.0858 e. The van der Waals surface area contributed by atoms with Gasteiger partial charge in [0.1, 0.15) is 0 Å². The SMILES string of the molecule is CCCN1CCOC(C(Cc2ccc(CC)s2)NCC)C1. The first-order valence-corrected chi connectivity index (χ1v) is 9.23. The number of nitrogens with one attached hydrogen (secondary N) is 1. The molecule has 1 saturated heterocycles. The van der Waals surface area contributed by atoms with Gasteiger partial charge in [0.05, 0.1) is 12.7 Å². The van der Waals surface area contributed by atoms with Crippen LogP contribution in [0.4, 0.5) is 0 Å². The Morgan fingerprint density at radius 3 is 2.81 bits per heavy atom. The number of hydrogen-bond donors (Lipinski definition) is 1. The van der Waals surface area contributed by atoms with E-state index in [0.29, 0.717) is 12.1 Å². The Labute approximate surface area is 133 Å². The second kappa shape index (κ2) is 8.89. The fourth-order valence-corrected chi connectivity index (χ4v) is 4.05. The van der Waals surface area contributed by atoms with Crippen molar-refractivity contribution in [3.8, 4) is 0 Å². The van der Waals surface area contributed by atoms with E-state index >= 15 is 0 Å². The molecule has 2 heterocycles. The number of rotatable bonds is 8. The van der Waals surface area contributed by atoms with Gasteiger partial charge in [0.25, 0.3) is 0 Å². The number of morpholine rings is 1. The lowest BCUT2D eigenvalue weighted by Crippen LogP contribution is -2.53.